The molecule has 148 valence electrons. The van der Waals surface area contributed by atoms with Crippen LogP contribution in [0.1, 0.15) is 20.8 Å². The number of hydrogen-bond acceptors (Lipinski definition) is 7. The van der Waals surface area contributed by atoms with Crippen LogP contribution in [0.25, 0.3) is 0 Å². The van der Waals surface area contributed by atoms with E-state index >= 15 is 0 Å². The van der Waals surface area contributed by atoms with Crippen molar-refractivity contribution in [2.75, 3.05) is 26.6 Å². The van der Waals surface area contributed by atoms with Gasteiger partial charge in [0.1, 0.15) is 31.2 Å². The first kappa shape index (κ1) is 21.2. The third-order valence-corrected chi connectivity index (χ3v) is 6.02. The molecular weight excluding hydrogens is 344 g/mol. The molecule has 2 saturated heterocycles. The van der Waals surface area contributed by atoms with Crippen LogP contribution in [0.3, 0.4) is 0 Å². The van der Waals surface area contributed by atoms with Crippen LogP contribution in [-0.4, -0.2) is 76.3 Å². The third-order valence-electron chi connectivity index (χ3n) is 4.31. The number of aliphatic hydroxyl groups is 1. The van der Waals surface area contributed by atoms with E-state index in [2.05, 4.69) is 19.6 Å². The molecule has 0 aliphatic carbocycles. The van der Waals surface area contributed by atoms with Gasteiger partial charge in [0.05, 0.1) is 6.61 Å². The smallest absolute Gasteiger partial charge is 0.186 e. The molecule has 0 aromatic heterocycles. The number of fused-ring (bicyclic) bond motifs is 1. The van der Waals surface area contributed by atoms with E-state index < -0.39 is 38.5 Å². The highest BCUT2D eigenvalue weighted by atomic mass is 28.3. The van der Waals surface area contributed by atoms with E-state index in [4.69, 9.17) is 28.4 Å². The van der Waals surface area contributed by atoms with Gasteiger partial charge in [-0.25, -0.2) is 0 Å². The Hall–Kier alpha value is -0.0631. The highest BCUT2D eigenvalue weighted by Crippen LogP contribution is 2.34. The van der Waals surface area contributed by atoms with E-state index in [0.717, 1.165) is 6.04 Å². The standard InChI is InChI=1S/C17H34O7Si/c1-7-19-11-21-15-13(18)16(20-8-9-25(4,5)6)23-12-10-22-17(2,3)24-14(12)15/h12-16,18H,7-11H2,1-6H3/t12?,13?,14-,15-,16-/m1/s1. The molecule has 0 radical (unpaired) electrons. The Bertz CT molecular complexity index is 412. The molecule has 7 nitrogen and oxygen atoms in total. The van der Waals surface area contributed by atoms with Crippen LogP contribution in [0.15, 0.2) is 0 Å². The minimum Gasteiger partial charge on any atom is -0.385 e. The van der Waals surface area contributed by atoms with Crippen molar-refractivity contribution < 1.29 is 33.5 Å². The van der Waals surface area contributed by atoms with Crippen molar-refractivity contribution >= 4 is 8.07 Å². The Morgan fingerprint density at radius 2 is 1.92 bits per heavy atom. The topological polar surface area (TPSA) is 75.6 Å². The van der Waals surface area contributed by atoms with E-state index in [9.17, 15) is 5.11 Å². The van der Waals surface area contributed by atoms with Crippen LogP contribution in [-0.2, 0) is 28.4 Å². The zero-order valence-electron chi connectivity index (χ0n) is 16.3. The highest BCUT2D eigenvalue weighted by Gasteiger charge is 2.52. The average molecular weight is 379 g/mol. The molecule has 25 heavy (non-hydrogen) atoms. The lowest BCUT2D eigenvalue weighted by molar-refractivity contribution is -0.389. The summed E-state index contributed by atoms with van der Waals surface area (Å²) in [5, 5.41) is 10.7. The van der Waals surface area contributed by atoms with Gasteiger partial charge in [0.25, 0.3) is 0 Å². The average Bonchev–Trinajstić information content (AvgIpc) is 2.49. The number of ether oxygens (including phenoxy) is 6. The lowest BCUT2D eigenvalue weighted by atomic mass is 9.97. The van der Waals surface area contributed by atoms with Gasteiger partial charge < -0.3 is 33.5 Å². The van der Waals surface area contributed by atoms with Crippen LogP contribution in [0.2, 0.25) is 25.7 Å². The van der Waals surface area contributed by atoms with Gasteiger partial charge >= 0.3 is 0 Å². The molecule has 2 aliphatic heterocycles. The van der Waals surface area contributed by atoms with E-state index in [0.29, 0.717) is 19.8 Å². The van der Waals surface area contributed by atoms with E-state index in [1.165, 1.54) is 0 Å². The maximum absolute atomic E-state index is 10.7. The molecule has 0 aromatic carbocycles. The van der Waals surface area contributed by atoms with Crippen molar-refractivity contribution in [1.29, 1.82) is 0 Å². The van der Waals surface area contributed by atoms with Crippen LogP contribution >= 0.6 is 0 Å². The van der Waals surface area contributed by atoms with Crippen LogP contribution in [0.5, 0.6) is 0 Å². The van der Waals surface area contributed by atoms with E-state index in [1.807, 2.05) is 20.8 Å². The first-order valence-electron chi connectivity index (χ1n) is 9.09. The summed E-state index contributed by atoms with van der Waals surface area (Å²) in [5.41, 5.74) is 0. The molecule has 2 rings (SSSR count). The summed E-state index contributed by atoms with van der Waals surface area (Å²) in [7, 11) is -1.22. The maximum atomic E-state index is 10.7. The van der Waals surface area contributed by atoms with Crippen molar-refractivity contribution in [2.24, 2.45) is 0 Å². The lowest BCUT2D eigenvalue weighted by Crippen LogP contribution is -2.65. The molecule has 8 heteroatoms. The van der Waals surface area contributed by atoms with Crippen LogP contribution < -0.4 is 0 Å². The quantitative estimate of drug-likeness (QED) is 0.393. The van der Waals surface area contributed by atoms with Crippen molar-refractivity contribution in [2.45, 2.75) is 82.9 Å². The van der Waals surface area contributed by atoms with Gasteiger partial charge in [0, 0.05) is 21.3 Å². The molecule has 2 fully saturated rings. The second-order valence-corrected chi connectivity index (χ2v) is 13.9. The van der Waals surface area contributed by atoms with Gasteiger partial charge in [-0.3, -0.25) is 0 Å². The fraction of sp³-hybridized carbons (Fsp3) is 1.00. The zero-order valence-corrected chi connectivity index (χ0v) is 17.3. The van der Waals surface area contributed by atoms with Gasteiger partial charge in [0.15, 0.2) is 12.1 Å². The SMILES string of the molecule is CCOCO[C@@H]1C(O)[C@H](OCC[Si](C)(C)C)OC2COC(C)(C)O[C@H]21. The lowest BCUT2D eigenvalue weighted by Gasteiger charge is -2.49. The minimum absolute atomic E-state index is 0.0910. The van der Waals surface area contributed by atoms with Gasteiger partial charge in [-0.2, -0.15) is 0 Å². The van der Waals surface area contributed by atoms with Crippen molar-refractivity contribution in [3.8, 4) is 0 Å². The molecule has 2 heterocycles. The largest absolute Gasteiger partial charge is 0.385 e. The summed E-state index contributed by atoms with van der Waals surface area (Å²) < 4.78 is 34.5. The molecule has 0 aromatic rings. The minimum atomic E-state index is -1.22. The van der Waals surface area contributed by atoms with Crippen molar-refractivity contribution in [1.82, 2.24) is 0 Å². The molecule has 0 spiro atoms. The number of aliphatic hydroxyl groups excluding tert-OH is 1. The van der Waals surface area contributed by atoms with Gasteiger partial charge in [-0.1, -0.05) is 19.6 Å². The summed E-state index contributed by atoms with van der Waals surface area (Å²) >= 11 is 0. The summed E-state index contributed by atoms with van der Waals surface area (Å²) in [5.74, 6) is -0.747. The second-order valence-electron chi connectivity index (χ2n) is 8.25. The van der Waals surface area contributed by atoms with Crippen molar-refractivity contribution in [3.05, 3.63) is 0 Å². The fourth-order valence-corrected chi connectivity index (χ4v) is 3.57. The fourth-order valence-electron chi connectivity index (χ4n) is 2.84. The maximum Gasteiger partial charge on any atom is 0.186 e. The molecule has 0 bridgehead atoms. The van der Waals surface area contributed by atoms with Gasteiger partial charge in [-0.15, -0.1) is 0 Å². The predicted molar refractivity (Wildman–Crippen MR) is 95.0 cm³/mol. The Kier molecular flexibility index (Phi) is 7.43. The van der Waals surface area contributed by atoms with E-state index in [1.54, 1.807) is 0 Å². The predicted octanol–water partition coefficient (Wildman–Crippen LogP) is 1.96. The monoisotopic (exact) mass is 378 g/mol. The molecular formula is C17H34O7Si. The Labute approximate surface area is 151 Å². The Morgan fingerprint density at radius 3 is 2.56 bits per heavy atom. The normalized spacial score (nSPS) is 35.4. The number of hydrogen-bond donors (Lipinski definition) is 1. The molecule has 5 atom stereocenters. The summed E-state index contributed by atoms with van der Waals surface area (Å²) in [6.07, 6.45) is -3.07. The molecule has 2 unspecified atom stereocenters. The van der Waals surface area contributed by atoms with E-state index in [-0.39, 0.29) is 12.9 Å². The third kappa shape index (κ3) is 6.25. The molecule has 1 N–H and O–H groups in total. The van der Waals surface area contributed by atoms with Gasteiger partial charge in [0.2, 0.25) is 0 Å². The summed E-state index contributed by atoms with van der Waals surface area (Å²) in [6.45, 7) is 14.0. The molecule has 0 saturated carbocycles. The first-order valence-corrected chi connectivity index (χ1v) is 12.8. The van der Waals surface area contributed by atoms with Crippen molar-refractivity contribution in [3.63, 3.8) is 0 Å². The molecule has 0 amide bonds. The number of rotatable bonds is 8. The molecule has 2 aliphatic rings. The summed E-state index contributed by atoms with van der Waals surface area (Å²) in [6, 6.07) is 0.998. The first-order chi connectivity index (χ1) is 11.6. The van der Waals surface area contributed by atoms with Crippen LogP contribution in [0.4, 0.5) is 0 Å². The summed E-state index contributed by atoms with van der Waals surface area (Å²) in [4.78, 5) is 0. The van der Waals surface area contributed by atoms with Crippen LogP contribution in [0, 0.1) is 0 Å². The van der Waals surface area contributed by atoms with Gasteiger partial charge in [-0.05, 0) is 26.8 Å². The zero-order chi connectivity index (χ0) is 18.7. The Balaban J connectivity index is 2.02. The highest BCUT2D eigenvalue weighted by molar-refractivity contribution is 6.76. The Morgan fingerprint density at radius 1 is 1.20 bits per heavy atom. The second kappa shape index (κ2) is 8.75.